The molecule has 0 fully saturated rings. The first-order chi connectivity index (χ1) is 9.30. The van der Waals surface area contributed by atoms with Crippen molar-refractivity contribution in [1.29, 1.82) is 0 Å². The minimum absolute atomic E-state index is 0.468. The van der Waals surface area contributed by atoms with Gasteiger partial charge in [-0.2, -0.15) is 4.98 Å². The average molecular weight is 269 g/mol. The van der Waals surface area contributed by atoms with E-state index in [0.29, 0.717) is 32.3 Å². The van der Waals surface area contributed by atoms with Crippen molar-refractivity contribution in [2.45, 2.75) is 19.8 Å². The van der Waals surface area contributed by atoms with Crippen LogP contribution in [0.2, 0.25) is 0 Å². The van der Waals surface area contributed by atoms with Crippen molar-refractivity contribution in [3.05, 3.63) is 11.9 Å². The Labute approximate surface area is 114 Å². The molecule has 6 heteroatoms. The fraction of sp³-hybridized carbons (Fsp3) is 0.692. The number of nitrogens with zero attached hydrogens (tertiary/aromatic N) is 2. The van der Waals surface area contributed by atoms with Gasteiger partial charge in [-0.25, -0.2) is 4.98 Å². The van der Waals surface area contributed by atoms with Crippen LogP contribution in [0.25, 0.3) is 0 Å². The predicted molar refractivity (Wildman–Crippen MR) is 73.8 cm³/mol. The number of aryl methyl sites for hydroxylation is 1. The molecule has 0 aliphatic rings. The number of methoxy groups -OCH3 is 1. The molecule has 0 aliphatic carbocycles. The molecule has 1 aromatic rings. The number of anilines is 1. The third kappa shape index (κ3) is 6.35. The van der Waals surface area contributed by atoms with E-state index in [-0.39, 0.29) is 0 Å². The van der Waals surface area contributed by atoms with Gasteiger partial charge in [0, 0.05) is 26.6 Å². The molecule has 0 amide bonds. The van der Waals surface area contributed by atoms with Crippen LogP contribution in [0.15, 0.2) is 6.07 Å². The number of ether oxygens (including phenoxy) is 3. The van der Waals surface area contributed by atoms with E-state index in [1.54, 1.807) is 13.2 Å². The van der Waals surface area contributed by atoms with Crippen molar-refractivity contribution in [1.82, 2.24) is 9.97 Å². The molecule has 0 aromatic carbocycles. The lowest BCUT2D eigenvalue weighted by Crippen LogP contribution is -2.11. The second-order valence-electron chi connectivity index (χ2n) is 3.96. The van der Waals surface area contributed by atoms with E-state index in [1.165, 1.54) is 0 Å². The van der Waals surface area contributed by atoms with Gasteiger partial charge < -0.3 is 19.5 Å². The SMILES string of the molecule is CCCc1nc(NC)cc(OCCOCCOC)n1. The van der Waals surface area contributed by atoms with E-state index < -0.39 is 0 Å². The van der Waals surface area contributed by atoms with Crippen LogP contribution < -0.4 is 10.1 Å². The van der Waals surface area contributed by atoms with E-state index in [4.69, 9.17) is 14.2 Å². The zero-order valence-corrected chi connectivity index (χ0v) is 11.9. The molecule has 0 saturated heterocycles. The summed E-state index contributed by atoms with van der Waals surface area (Å²) in [5.41, 5.74) is 0. The Morgan fingerprint density at radius 2 is 1.95 bits per heavy atom. The number of aromatic nitrogens is 2. The van der Waals surface area contributed by atoms with E-state index in [9.17, 15) is 0 Å². The second kappa shape index (κ2) is 9.52. The molecule has 0 spiro atoms. The number of hydrogen-bond acceptors (Lipinski definition) is 6. The maximum atomic E-state index is 5.56. The lowest BCUT2D eigenvalue weighted by molar-refractivity contribution is 0.0536. The van der Waals surface area contributed by atoms with Gasteiger partial charge in [0.2, 0.25) is 5.88 Å². The van der Waals surface area contributed by atoms with Gasteiger partial charge in [0.15, 0.2) is 0 Å². The van der Waals surface area contributed by atoms with Crippen LogP contribution in [0.1, 0.15) is 19.2 Å². The summed E-state index contributed by atoms with van der Waals surface area (Å²) in [6.45, 7) is 4.25. The summed E-state index contributed by atoms with van der Waals surface area (Å²) in [7, 11) is 3.48. The Bertz CT molecular complexity index is 361. The van der Waals surface area contributed by atoms with Crippen molar-refractivity contribution < 1.29 is 14.2 Å². The summed E-state index contributed by atoms with van der Waals surface area (Å²) in [5.74, 6) is 2.15. The normalized spacial score (nSPS) is 10.5. The topological polar surface area (TPSA) is 65.5 Å². The molecule has 19 heavy (non-hydrogen) atoms. The minimum atomic E-state index is 0.468. The first-order valence-corrected chi connectivity index (χ1v) is 6.55. The maximum absolute atomic E-state index is 5.56. The van der Waals surface area contributed by atoms with Gasteiger partial charge in [0.05, 0.1) is 19.8 Å². The van der Waals surface area contributed by atoms with Crippen molar-refractivity contribution in [2.75, 3.05) is 45.9 Å². The van der Waals surface area contributed by atoms with Crippen LogP contribution in [0.5, 0.6) is 5.88 Å². The highest BCUT2D eigenvalue weighted by atomic mass is 16.5. The lowest BCUT2D eigenvalue weighted by atomic mass is 10.3. The first kappa shape index (κ1) is 15.7. The fourth-order valence-corrected chi connectivity index (χ4v) is 1.46. The highest BCUT2D eigenvalue weighted by molar-refractivity contribution is 5.37. The Hall–Kier alpha value is -1.40. The summed E-state index contributed by atoms with van der Waals surface area (Å²) in [6, 6.07) is 1.79. The molecule has 0 radical (unpaired) electrons. The lowest BCUT2D eigenvalue weighted by Gasteiger charge is -2.09. The smallest absolute Gasteiger partial charge is 0.218 e. The summed E-state index contributed by atoms with van der Waals surface area (Å²) in [5, 5.41) is 3.01. The van der Waals surface area contributed by atoms with Gasteiger partial charge in [-0.1, -0.05) is 6.92 Å². The van der Waals surface area contributed by atoms with Crippen LogP contribution in [0.3, 0.4) is 0 Å². The second-order valence-corrected chi connectivity index (χ2v) is 3.96. The van der Waals surface area contributed by atoms with Crippen molar-refractivity contribution in [3.8, 4) is 5.88 Å². The number of hydrogen-bond donors (Lipinski definition) is 1. The third-order valence-electron chi connectivity index (χ3n) is 2.39. The van der Waals surface area contributed by atoms with E-state index in [2.05, 4.69) is 22.2 Å². The zero-order valence-electron chi connectivity index (χ0n) is 11.9. The third-order valence-corrected chi connectivity index (χ3v) is 2.39. The molecule has 1 aromatic heterocycles. The van der Waals surface area contributed by atoms with Crippen LogP contribution in [-0.4, -0.2) is 50.6 Å². The number of rotatable bonds is 10. The van der Waals surface area contributed by atoms with Crippen LogP contribution in [0.4, 0.5) is 5.82 Å². The quantitative estimate of drug-likeness (QED) is 0.650. The molecule has 0 saturated carbocycles. The van der Waals surface area contributed by atoms with Gasteiger partial charge in [0.1, 0.15) is 18.2 Å². The minimum Gasteiger partial charge on any atom is -0.475 e. The van der Waals surface area contributed by atoms with Gasteiger partial charge >= 0.3 is 0 Å². The van der Waals surface area contributed by atoms with E-state index >= 15 is 0 Å². The molecule has 0 atom stereocenters. The Kier molecular flexibility index (Phi) is 7.84. The summed E-state index contributed by atoms with van der Waals surface area (Å²) in [6.07, 6.45) is 1.85. The molecule has 1 N–H and O–H groups in total. The first-order valence-electron chi connectivity index (χ1n) is 6.55. The van der Waals surface area contributed by atoms with Crippen LogP contribution in [0, 0.1) is 0 Å². The van der Waals surface area contributed by atoms with Crippen LogP contribution >= 0.6 is 0 Å². The molecule has 1 rings (SSSR count). The standard InChI is InChI=1S/C13H23N3O3/c1-4-5-11-15-12(14-2)10-13(16-11)19-9-8-18-7-6-17-3/h10H,4-9H2,1-3H3,(H,14,15,16). The predicted octanol–water partition coefficient (Wildman–Crippen LogP) is 1.51. The Balaban J connectivity index is 2.41. The zero-order chi connectivity index (χ0) is 13.9. The van der Waals surface area contributed by atoms with E-state index in [0.717, 1.165) is 24.5 Å². The molecule has 0 bridgehead atoms. The Morgan fingerprint density at radius 1 is 1.16 bits per heavy atom. The summed E-state index contributed by atoms with van der Waals surface area (Å²) in [4.78, 5) is 8.71. The number of nitrogens with one attached hydrogen (secondary N) is 1. The van der Waals surface area contributed by atoms with Crippen molar-refractivity contribution in [3.63, 3.8) is 0 Å². The van der Waals surface area contributed by atoms with Gasteiger partial charge in [-0.3, -0.25) is 0 Å². The largest absolute Gasteiger partial charge is 0.475 e. The van der Waals surface area contributed by atoms with Crippen LogP contribution in [-0.2, 0) is 15.9 Å². The highest BCUT2D eigenvalue weighted by Crippen LogP contribution is 2.13. The fourth-order valence-electron chi connectivity index (χ4n) is 1.46. The van der Waals surface area contributed by atoms with Gasteiger partial charge in [-0.15, -0.1) is 0 Å². The monoisotopic (exact) mass is 269 g/mol. The summed E-state index contributed by atoms with van der Waals surface area (Å²) < 4.78 is 15.8. The van der Waals surface area contributed by atoms with Crippen molar-refractivity contribution in [2.24, 2.45) is 0 Å². The molecule has 1 heterocycles. The van der Waals surface area contributed by atoms with Gasteiger partial charge in [0.25, 0.3) is 0 Å². The van der Waals surface area contributed by atoms with Crippen molar-refractivity contribution >= 4 is 5.82 Å². The highest BCUT2D eigenvalue weighted by Gasteiger charge is 2.04. The summed E-state index contributed by atoms with van der Waals surface area (Å²) >= 11 is 0. The molecule has 108 valence electrons. The molecular formula is C13H23N3O3. The average Bonchev–Trinajstić information content (AvgIpc) is 2.43. The Morgan fingerprint density at radius 3 is 2.63 bits per heavy atom. The van der Waals surface area contributed by atoms with E-state index in [1.807, 2.05) is 7.05 Å². The molecule has 6 nitrogen and oxygen atoms in total. The maximum Gasteiger partial charge on any atom is 0.218 e. The molecular weight excluding hydrogens is 246 g/mol. The molecule has 0 aliphatic heterocycles. The molecule has 0 unspecified atom stereocenters. The van der Waals surface area contributed by atoms with Gasteiger partial charge in [-0.05, 0) is 6.42 Å².